The van der Waals surface area contributed by atoms with Crippen LogP contribution in [-0.2, 0) is 0 Å². The van der Waals surface area contributed by atoms with Crippen molar-refractivity contribution in [3.63, 3.8) is 0 Å². The predicted octanol–water partition coefficient (Wildman–Crippen LogP) is 11.3. The summed E-state index contributed by atoms with van der Waals surface area (Å²) in [5, 5.41) is 2.43. The molecule has 0 aliphatic heterocycles. The van der Waals surface area contributed by atoms with Crippen molar-refractivity contribution in [2.45, 2.75) is 0 Å². The molecule has 0 aliphatic rings. The summed E-state index contributed by atoms with van der Waals surface area (Å²) in [5.41, 5.74) is 12.8. The fourth-order valence-electron chi connectivity index (χ4n) is 7.15. The number of hydrogen-bond donors (Lipinski definition) is 0. The Bertz CT molecular complexity index is 2790. The van der Waals surface area contributed by atoms with Crippen LogP contribution in [0.2, 0.25) is 0 Å². The molecule has 10 aromatic rings. The van der Waals surface area contributed by atoms with E-state index in [0.29, 0.717) is 17.5 Å². The van der Waals surface area contributed by atoms with Gasteiger partial charge in [0.05, 0.1) is 16.7 Å². The third kappa shape index (κ3) is 5.03. The highest BCUT2D eigenvalue weighted by Gasteiger charge is 2.19. The van der Waals surface area contributed by atoms with Crippen LogP contribution in [0.4, 0.5) is 0 Å². The molecule has 4 aromatic heterocycles. The number of rotatable bonds is 6. The van der Waals surface area contributed by atoms with Crippen LogP contribution in [0.25, 0.3) is 95.1 Å². The molecule has 0 bridgehead atoms. The van der Waals surface area contributed by atoms with Crippen LogP contribution in [0.15, 0.2) is 176 Å². The second kappa shape index (κ2) is 11.9. The summed E-state index contributed by atoms with van der Waals surface area (Å²) in [7, 11) is 0. The molecule has 4 heterocycles. The Hall–Kier alpha value is -6.98. The highest BCUT2D eigenvalue weighted by atomic mass is 15.0. The minimum Gasteiger partial charge on any atom is -0.292 e. The SMILES string of the molecule is c1ccc(-c2nc(-c3ccccc3)nc(-c3cccc(-c4cccc(-c5ccc6c(c5)c5c(-c7ccccc7)nc7cccc6n75)c4)c3)n2)cc1. The molecule has 238 valence electrons. The minimum atomic E-state index is 0.639. The molecule has 5 heteroatoms. The zero-order valence-electron chi connectivity index (χ0n) is 27.5. The topological polar surface area (TPSA) is 56.0 Å². The van der Waals surface area contributed by atoms with Gasteiger partial charge in [0.15, 0.2) is 17.5 Å². The van der Waals surface area contributed by atoms with Crippen molar-refractivity contribution in [2.24, 2.45) is 0 Å². The molecular formula is C46H29N5. The Morgan fingerprint density at radius 3 is 1.39 bits per heavy atom. The van der Waals surface area contributed by atoms with Crippen molar-refractivity contribution in [1.82, 2.24) is 24.3 Å². The van der Waals surface area contributed by atoms with E-state index in [1.807, 2.05) is 66.7 Å². The first-order chi connectivity index (χ1) is 25.3. The highest BCUT2D eigenvalue weighted by Crippen LogP contribution is 2.39. The van der Waals surface area contributed by atoms with Gasteiger partial charge < -0.3 is 0 Å². The molecule has 0 fully saturated rings. The lowest BCUT2D eigenvalue weighted by molar-refractivity contribution is 1.07. The van der Waals surface area contributed by atoms with Crippen LogP contribution in [0, 0.1) is 0 Å². The summed E-state index contributed by atoms with van der Waals surface area (Å²) < 4.78 is 2.30. The number of nitrogens with zero attached hydrogens (tertiary/aromatic N) is 5. The largest absolute Gasteiger partial charge is 0.292 e. The average molecular weight is 652 g/mol. The quantitative estimate of drug-likeness (QED) is 0.180. The molecule has 0 atom stereocenters. The first kappa shape index (κ1) is 29.0. The van der Waals surface area contributed by atoms with Crippen LogP contribution >= 0.6 is 0 Å². The van der Waals surface area contributed by atoms with Gasteiger partial charge >= 0.3 is 0 Å². The normalized spacial score (nSPS) is 11.5. The lowest BCUT2D eigenvalue weighted by atomic mass is 9.96. The number of aromatic nitrogens is 5. The van der Waals surface area contributed by atoms with Gasteiger partial charge in [-0.05, 0) is 52.6 Å². The molecule has 10 rings (SSSR count). The Morgan fingerprint density at radius 1 is 0.314 bits per heavy atom. The van der Waals surface area contributed by atoms with Crippen LogP contribution < -0.4 is 0 Å². The van der Waals surface area contributed by atoms with E-state index in [4.69, 9.17) is 19.9 Å². The second-order valence-electron chi connectivity index (χ2n) is 12.7. The van der Waals surface area contributed by atoms with Gasteiger partial charge in [-0.3, -0.25) is 4.40 Å². The third-order valence-electron chi connectivity index (χ3n) is 9.59. The average Bonchev–Trinajstić information content (AvgIpc) is 3.77. The Morgan fingerprint density at radius 2 is 0.784 bits per heavy atom. The summed E-state index contributed by atoms with van der Waals surface area (Å²) in [6, 6.07) is 61.0. The number of imidazole rings is 1. The molecule has 0 N–H and O–H groups in total. The van der Waals surface area contributed by atoms with Gasteiger partial charge in [0, 0.05) is 33.0 Å². The van der Waals surface area contributed by atoms with E-state index in [2.05, 4.69) is 114 Å². The monoisotopic (exact) mass is 651 g/mol. The van der Waals surface area contributed by atoms with E-state index in [0.717, 1.165) is 61.4 Å². The van der Waals surface area contributed by atoms with Crippen LogP contribution in [0.1, 0.15) is 0 Å². The Labute approximate surface area is 294 Å². The molecule has 6 aromatic carbocycles. The van der Waals surface area contributed by atoms with Crippen molar-refractivity contribution < 1.29 is 0 Å². The highest BCUT2D eigenvalue weighted by molar-refractivity contribution is 6.14. The molecule has 0 radical (unpaired) electrons. The van der Waals surface area contributed by atoms with Crippen molar-refractivity contribution >= 4 is 27.5 Å². The fourth-order valence-corrected chi connectivity index (χ4v) is 7.15. The summed E-state index contributed by atoms with van der Waals surface area (Å²) >= 11 is 0. The summed E-state index contributed by atoms with van der Waals surface area (Å²) in [6.45, 7) is 0. The third-order valence-corrected chi connectivity index (χ3v) is 9.59. The van der Waals surface area contributed by atoms with Crippen LogP contribution in [-0.4, -0.2) is 24.3 Å². The van der Waals surface area contributed by atoms with Gasteiger partial charge in [0.25, 0.3) is 0 Å². The number of fused-ring (bicyclic) bond motifs is 3. The molecule has 0 amide bonds. The second-order valence-corrected chi connectivity index (χ2v) is 12.7. The standard InChI is InChI=1S/C46H29N5/c1-4-13-30(14-5-1)42-43-39-29-36(25-26-38(39)40-23-12-24-41(47-42)51(40)43)34-20-10-19-33(27-34)35-21-11-22-37(28-35)46-49-44(31-15-6-2-7-16-31)48-45(50-46)32-17-8-3-9-18-32/h1-29H. The summed E-state index contributed by atoms with van der Waals surface area (Å²) in [6.07, 6.45) is 0. The zero-order chi connectivity index (χ0) is 33.7. The van der Waals surface area contributed by atoms with Crippen molar-refractivity contribution in [3.8, 4) is 67.7 Å². The molecule has 0 spiro atoms. The van der Waals surface area contributed by atoms with E-state index in [-0.39, 0.29) is 0 Å². The van der Waals surface area contributed by atoms with Gasteiger partial charge in [-0.2, -0.15) is 0 Å². The molecular weight excluding hydrogens is 623 g/mol. The molecule has 0 saturated carbocycles. The van der Waals surface area contributed by atoms with E-state index in [9.17, 15) is 0 Å². The van der Waals surface area contributed by atoms with Gasteiger partial charge in [0.2, 0.25) is 0 Å². The van der Waals surface area contributed by atoms with E-state index in [1.165, 1.54) is 16.3 Å². The van der Waals surface area contributed by atoms with Gasteiger partial charge in [0.1, 0.15) is 5.65 Å². The van der Waals surface area contributed by atoms with E-state index in [1.54, 1.807) is 0 Å². The van der Waals surface area contributed by atoms with Crippen LogP contribution in [0.3, 0.4) is 0 Å². The molecule has 5 nitrogen and oxygen atoms in total. The zero-order valence-corrected chi connectivity index (χ0v) is 27.5. The van der Waals surface area contributed by atoms with Crippen LogP contribution in [0.5, 0.6) is 0 Å². The van der Waals surface area contributed by atoms with E-state index < -0.39 is 0 Å². The lowest BCUT2D eigenvalue weighted by Gasteiger charge is -2.10. The van der Waals surface area contributed by atoms with Crippen molar-refractivity contribution in [1.29, 1.82) is 0 Å². The maximum Gasteiger partial charge on any atom is 0.164 e. The predicted molar refractivity (Wildman–Crippen MR) is 207 cm³/mol. The Kier molecular flexibility index (Phi) is 6.74. The maximum absolute atomic E-state index is 5.08. The number of benzene rings is 6. The number of hydrogen-bond acceptors (Lipinski definition) is 4. The van der Waals surface area contributed by atoms with Crippen molar-refractivity contribution in [2.75, 3.05) is 0 Å². The summed E-state index contributed by atoms with van der Waals surface area (Å²) in [5.74, 6) is 1.94. The molecule has 0 aliphatic carbocycles. The lowest BCUT2D eigenvalue weighted by Crippen LogP contribution is -2.00. The van der Waals surface area contributed by atoms with Crippen molar-refractivity contribution in [3.05, 3.63) is 176 Å². The molecule has 0 saturated heterocycles. The smallest absolute Gasteiger partial charge is 0.164 e. The Balaban J connectivity index is 1.07. The fraction of sp³-hybridized carbons (Fsp3) is 0. The first-order valence-electron chi connectivity index (χ1n) is 17.1. The molecule has 51 heavy (non-hydrogen) atoms. The first-order valence-corrected chi connectivity index (χ1v) is 17.1. The van der Waals surface area contributed by atoms with Gasteiger partial charge in [-0.25, -0.2) is 19.9 Å². The van der Waals surface area contributed by atoms with E-state index >= 15 is 0 Å². The number of pyridine rings is 1. The minimum absolute atomic E-state index is 0.639. The maximum atomic E-state index is 5.08. The van der Waals surface area contributed by atoms with Gasteiger partial charge in [-0.15, -0.1) is 0 Å². The molecule has 0 unspecified atom stereocenters. The summed E-state index contributed by atoms with van der Waals surface area (Å²) in [4.78, 5) is 19.9. The van der Waals surface area contributed by atoms with Gasteiger partial charge in [-0.1, -0.05) is 146 Å².